The number of benzene rings is 1. The molecule has 16 heteroatoms. The molecule has 1 aromatic carbocycles. The normalized spacial score (nSPS) is 9.99. The Morgan fingerprint density at radius 2 is 0.785 bits per heavy atom. The summed E-state index contributed by atoms with van der Waals surface area (Å²) < 4.78 is 33.4. The molecule has 0 fully saturated rings. The van der Waals surface area contributed by atoms with Crippen LogP contribution in [0.25, 0.3) is 0 Å². The quantitative estimate of drug-likeness (QED) is 0.0474. The van der Waals surface area contributed by atoms with Crippen LogP contribution in [0.15, 0.2) is 205 Å². The summed E-state index contributed by atoms with van der Waals surface area (Å²) in [5.41, 5.74) is 1.33. The molecular weight excluding hydrogens is 981 g/mol. The van der Waals surface area contributed by atoms with E-state index in [-0.39, 0.29) is 0 Å². The average Bonchev–Trinajstić information content (AvgIpc) is 4.32. The van der Waals surface area contributed by atoms with E-state index in [1.165, 1.54) is 69.9 Å². The van der Waals surface area contributed by atoms with Gasteiger partial charge in [0.25, 0.3) is 0 Å². The van der Waals surface area contributed by atoms with Gasteiger partial charge in [-0.2, -0.15) is 0 Å². The third-order valence-corrected chi connectivity index (χ3v) is 11.9. The van der Waals surface area contributed by atoms with Crippen LogP contribution in [0.3, 0.4) is 0 Å². The lowest BCUT2D eigenvalue weighted by atomic mass is 10.1. The molecule has 0 bridgehead atoms. The van der Waals surface area contributed by atoms with Crippen LogP contribution in [-0.2, 0) is 109 Å². The van der Waals surface area contributed by atoms with Crippen LogP contribution in [0.1, 0.15) is 91.0 Å². The molecule has 8 aromatic heterocycles. The monoisotopic (exact) mass is 1090 g/mol. The van der Waals surface area contributed by atoms with E-state index in [0.29, 0.717) is 0 Å². The molecule has 0 aliphatic carbocycles. The zero-order valence-corrected chi connectivity index (χ0v) is 51.3. The van der Waals surface area contributed by atoms with E-state index in [2.05, 4.69) is 199 Å². The van der Waals surface area contributed by atoms with Crippen LogP contribution in [0.2, 0.25) is 0 Å². The Bertz CT molecular complexity index is 2760. The van der Waals surface area contributed by atoms with Crippen LogP contribution in [0, 0.1) is 0 Å². The van der Waals surface area contributed by atoms with Gasteiger partial charge in [-0.3, -0.25) is 0 Å². The van der Waals surface area contributed by atoms with E-state index in [0.717, 1.165) is 39.3 Å². The van der Waals surface area contributed by atoms with Gasteiger partial charge in [-0.05, 0) is 38.2 Å². The molecule has 0 N–H and O–H groups in total. The fourth-order valence-electron chi connectivity index (χ4n) is 7.76. The van der Waals surface area contributed by atoms with Crippen LogP contribution in [0.5, 0.6) is 0 Å². The molecule has 0 saturated carbocycles. The van der Waals surface area contributed by atoms with Crippen molar-refractivity contribution in [2.45, 2.75) is 131 Å². The van der Waals surface area contributed by atoms with Gasteiger partial charge in [-0.15, -0.1) is 0 Å². The molecule has 0 spiro atoms. The Kier molecular flexibility index (Phi) is 35.4. The summed E-state index contributed by atoms with van der Waals surface area (Å²) in [6.07, 6.45) is 65.0. The van der Waals surface area contributed by atoms with Crippen molar-refractivity contribution in [2.24, 2.45) is 63.4 Å². The van der Waals surface area contributed by atoms with Crippen molar-refractivity contribution in [3.63, 3.8) is 0 Å². The van der Waals surface area contributed by atoms with E-state index in [4.69, 9.17) is 0 Å². The van der Waals surface area contributed by atoms with Gasteiger partial charge in [-0.25, -0.2) is 73.1 Å². The number of allylic oxidation sites excluding steroid dienone is 2. The van der Waals surface area contributed by atoms with Crippen LogP contribution >= 0.6 is 0 Å². The van der Waals surface area contributed by atoms with Crippen molar-refractivity contribution in [3.8, 4) is 0 Å². The first-order valence-electron chi connectivity index (χ1n) is 28.4. The minimum absolute atomic E-state index is 0.865. The number of unbranched alkanes of at least 4 members (excludes halogenated alkanes) is 6. The van der Waals surface area contributed by atoms with Gasteiger partial charge in [0.05, 0.1) is 89.6 Å². The minimum Gasteiger partial charge on any atom is -0.240 e. The molecule has 0 aliphatic heterocycles. The van der Waals surface area contributed by atoms with Crippen molar-refractivity contribution in [1.29, 1.82) is 0 Å². The fraction of sp³-hybridized carbons (Fsp3) is 0.460. The summed E-state index contributed by atoms with van der Waals surface area (Å²) in [5, 5.41) is 0. The van der Waals surface area contributed by atoms with Crippen molar-refractivity contribution < 1.29 is 36.5 Å². The highest BCUT2D eigenvalue weighted by Crippen LogP contribution is 2.06. The Morgan fingerprint density at radius 1 is 0.380 bits per heavy atom. The summed E-state index contributed by atoms with van der Waals surface area (Å²) in [6, 6.07) is 10.5. The zero-order chi connectivity index (χ0) is 58.0. The molecule has 0 aliphatic rings. The standard InChI is InChI=1S/C12H23N2.C11H13N2.C9H13N2.C8H15N2.C7H13N2.C6H11N2.2C5H9N2/c1-3-4-5-6-7-8-9-14-11-10-13(2)12-14;1-12-7-8-13(10-12)9-11-5-3-2-4-6-11;1-3-5-10-7-8-11(9-10)6-4-2;1-3-4-5-10-7-6-9(2)8-10;1-3-4-9-6-5-8(2)7-9;1-3-8-5-4-7(2)6-8;2*1-6-3-4-7(2)5-6/h10-12H,3-9H2,1-2H3;2-8,10H,9H2,1H3;3-4,7-9H,1-2,5-6H2;6-8H,3-5H2,1-2H3;5-7H,3-4H2,1-2H3;4-6H,3H2,1-2H3;2*3-5H,1-2H3/q8*+1. The van der Waals surface area contributed by atoms with E-state index >= 15 is 0 Å². The molecule has 0 saturated heterocycles. The third-order valence-electron chi connectivity index (χ3n) is 11.9. The van der Waals surface area contributed by atoms with Gasteiger partial charge in [0.1, 0.15) is 119 Å². The fourth-order valence-corrected chi connectivity index (χ4v) is 7.76. The van der Waals surface area contributed by atoms with Crippen molar-refractivity contribution in [1.82, 2.24) is 36.5 Å². The molecule has 9 rings (SSSR count). The van der Waals surface area contributed by atoms with E-state index in [9.17, 15) is 0 Å². The maximum absolute atomic E-state index is 3.66. The minimum atomic E-state index is 0.865. The van der Waals surface area contributed by atoms with Crippen LogP contribution in [-0.4, -0.2) is 36.5 Å². The second-order valence-electron chi connectivity index (χ2n) is 20.1. The summed E-state index contributed by atoms with van der Waals surface area (Å²) in [5.74, 6) is 0. The predicted molar refractivity (Wildman–Crippen MR) is 316 cm³/mol. The number of rotatable bonds is 19. The van der Waals surface area contributed by atoms with Gasteiger partial charge >= 0.3 is 0 Å². The molecule has 430 valence electrons. The van der Waals surface area contributed by atoms with Crippen molar-refractivity contribution in [3.05, 3.63) is 211 Å². The molecule has 8 heterocycles. The van der Waals surface area contributed by atoms with Gasteiger partial charge in [-0.1, -0.05) is 109 Å². The van der Waals surface area contributed by atoms with Crippen molar-refractivity contribution in [2.75, 3.05) is 0 Å². The highest BCUT2D eigenvalue weighted by Gasteiger charge is 2.02. The molecule has 79 heavy (non-hydrogen) atoms. The average molecular weight is 1090 g/mol. The van der Waals surface area contributed by atoms with Gasteiger partial charge in [0.15, 0.2) is 0 Å². The molecule has 9 aromatic rings. The SMILES string of the molecule is C=CCn1cc[n+](CC=C)c1.CCCCCCCCn1cc[n+](C)c1.CCCCn1cc[n+](C)c1.CCCn1cc[n+](C)c1.CCn1cc[n+](C)c1.C[n+]1ccn(Cc2ccccc2)c1.Cn1cc[n+](C)c1.Cn1cc[n+](C)c1. The maximum atomic E-state index is 3.66. The molecule has 0 atom stereocenters. The molecule has 0 radical (unpaired) electrons. The topological polar surface area (TPSA) is 70.5 Å². The first-order valence-corrected chi connectivity index (χ1v) is 28.4. The molecule has 0 unspecified atom stereocenters. The van der Waals surface area contributed by atoms with Crippen molar-refractivity contribution >= 4 is 0 Å². The number of aryl methyl sites for hydroxylation is 13. The third kappa shape index (κ3) is 33.3. The zero-order valence-electron chi connectivity index (χ0n) is 51.3. The highest BCUT2D eigenvalue weighted by atomic mass is 15.1. The summed E-state index contributed by atoms with van der Waals surface area (Å²) >= 11 is 0. The lowest BCUT2D eigenvalue weighted by molar-refractivity contribution is -0.686. The largest absolute Gasteiger partial charge is 0.244 e. The first-order chi connectivity index (χ1) is 38.1. The second kappa shape index (κ2) is 41.5. The van der Waals surface area contributed by atoms with Crippen LogP contribution in [0.4, 0.5) is 0 Å². The summed E-state index contributed by atoms with van der Waals surface area (Å²) in [7, 11) is 18.2. The summed E-state index contributed by atoms with van der Waals surface area (Å²) in [4.78, 5) is 0. The van der Waals surface area contributed by atoms with E-state index in [1.54, 1.807) is 0 Å². The predicted octanol–water partition coefficient (Wildman–Crippen LogP) is 7.05. The Balaban J connectivity index is 0.000000312. The smallest absolute Gasteiger partial charge is 0.240 e. The van der Waals surface area contributed by atoms with Gasteiger partial charge in [0.2, 0.25) is 50.6 Å². The highest BCUT2D eigenvalue weighted by molar-refractivity contribution is 5.14. The van der Waals surface area contributed by atoms with Crippen LogP contribution < -0.4 is 36.5 Å². The number of nitrogens with zero attached hydrogens (tertiary/aromatic N) is 16. The van der Waals surface area contributed by atoms with E-state index in [1.807, 2.05) is 171 Å². The molecule has 0 amide bonds. The number of imidazole rings is 8. The number of hydrogen-bond donors (Lipinski definition) is 0. The Morgan fingerprint density at radius 3 is 1.15 bits per heavy atom. The van der Waals surface area contributed by atoms with Gasteiger partial charge in [0, 0.05) is 0 Å². The Labute approximate surface area is 476 Å². The molecule has 16 nitrogen and oxygen atoms in total. The number of aromatic nitrogens is 16. The van der Waals surface area contributed by atoms with Gasteiger partial charge < -0.3 is 0 Å². The molecular formula is C63H106N16+8. The Hall–Kier alpha value is -7.62. The maximum Gasteiger partial charge on any atom is 0.244 e. The first kappa shape index (κ1) is 67.5. The lowest BCUT2D eigenvalue weighted by Gasteiger charge is -1.98. The summed E-state index contributed by atoms with van der Waals surface area (Å²) in [6.45, 7) is 23.3. The number of hydrogen-bond acceptors (Lipinski definition) is 0. The lowest BCUT2D eigenvalue weighted by Crippen LogP contribution is -2.29. The second-order valence-corrected chi connectivity index (χ2v) is 20.1. The van der Waals surface area contributed by atoms with E-state index < -0.39 is 0 Å².